The van der Waals surface area contributed by atoms with E-state index in [0.717, 1.165) is 59.2 Å². The van der Waals surface area contributed by atoms with Crippen molar-refractivity contribution in [3.8, 4) is 0 Å². The third kappa shape index (κ3) is 7.38. The molecule has 4 aromatic rings. The third-order valence-electron chi connectivity index (χ3n) is 7.65. The van der Waals surface area contributed by atoms with Gasteiger partial charge in [0.1, 0.15) is 11.4 Å². The first-order valence-electron chi connectivity index (χ1n) is 14.9. The summed E-state index contributed by atoms with van der Waals surface area (Å²) >= 11 is 0. The van der Waals surface area contributed by atoms with Crippen molar-refractivity contribution in [2.24, 2.45) is 0 Å². The Kier molecular flexibility index (Phi) is 8.95. The first-order chi connectivity index (χ1) is 20.2. The van der Waals surface area contributed by atoms with Crippen molar-refractivity contribution in [1.82, 2.24) is 10.3 Å². The molecule has 0 aliphatic carbocycles. The van der Waals surface area contributed by atoms with Crippen LogP contribution in [0.3, 0.4) is 0 Å². The Hall–Kier alpha value is -4.13. The van der Waals surface area contributed by atoms with Crippen LogP contribution in [0.1, 0.15) is 74.8 Å². The lowest BCUT2D eigenvalue weighted by molar-refractivity contribution is -0.154. The van der Waals surface area contributed by atoms with Gasteiger partial charge in [-0.1, -0.05) is 36.4 Å². The molecule has 6 nitrogen and oxygen atoms in total. The summed E-state index contributed by atoms with van der Waals surface area (Å²) in [4.78, 5) is 31.5. The van der Waals surface area contributed by atoms with Gasteiger partial charge in [-0.05, 0) is 93.5 Å². The molecule has 1 aromatic heterocycles. The molecule has 5 rings (SSSR count). The number of anilines is 1. The van der Waals surface area contributed by atoms with E-state index in [1.54, 1.807) is 6.07 Å². The molecule has 220 valence electrons. The zero-order valence-corrected chi connectivity index (χ0v) is 24.7. The maximum atomic E-state index is 14.4. The second-order valence-corrected chi connectivity index (χ2v) is 12.1. The highest BCUT2D eigenvalue weighted by Gasteiger charge is 2.24. The van der Waals surface area contributed by atoms with Gasteiger partial charge in [0, 0.05) is 47.9 Å². The number of H-pyrrole nitrogens is 1. The molecule has 1 atom stereocenters. The number of aromatic nitrogens is 1. The maximum absolute atomic E-state index is 14.4. The molecule has 7 heteroatoms. The number of aryl methyl sites for hydroxylation is 1. The van der Waals surface area contributed by atoms with E-state index in [0.29, 0.717) is 12.0 Å². The molecule has 1 fully saturated rings. The number of benzene rings is 3. The predicted octanol–water partition coefficient (Wildman–Crippen LogP) is 7.02. The first kappa shape index (κ1) is 29.4. The molecule has 1 unspecified atom stereocenters. The van der Waals surface area contributed by atoms with E-state index in [9.17, 15) is 14.0 Å². The van der Waals surface area contributed by atoms with Gasteiger partial charge in [-0.25, -0.2) is 4.39 Å². The van der Waals surface area contributed by atoms with Crippen molar-refractivity contribution >= 4 is 28.5 Å². The fourth-order valence-corrected chi connectivity index (χ4v) is 5.75. The van der Waals surface area contributed by atoms with Crippen LogP contribution in [0.5, 0.6) is 0 Å². The SMILES string of the molecule is CC(C)(C)OC(=O)CCc1c[nH]c2ccc(CC(=O)NC(c3cccc(F)c3)c3ccccc3N3CCCCC3)cc12. The minimum atomic E-state index is -0.518. The largest absolute Gasteiger partial charge is 0.460 e. The molecule has 0 bridgehead atoms. The van der Waals surface area contributed by atoms with Crippen molar-refractivity contribution < 1.29 is 18.7 Å². The molecule has 2 heterocycles. The number of fused-ring (bicyclic) bond motifs is 1. The normalized spacial score (nSPS) is 14.5. The first-order valence-corrected chi connectivity index (χ1v) is 14.9. The van der Waals surface area contributed by atoms with Crippen LogP contribution in [0.4, 0.5) is 10.1 Å². The molecule has 1 amide bonds. The Morgan fingerprint density at radius 1 is 1.00 bits per heavy atom. The lowest BCUT2D eigenvalue weighted by atomic mass is 9.95. The number of carbonyl (C=O) groups is 2. The van der Waals surface area contributed by atoms with Crippen LogP contribution in [0.15, 0.2) is 72.9 Å². The number of aromatic amines is 1. The lowest BCUT2D eigenvalue weighted by Crippen LogP contribution is -2.34. The average Bonchev–Trinajstić information content (AvgIpc) is 3.36. The highest BCUT2D eigenvalue weighted by molar-refractivity contribution is 5.87. The molecule has 1 aliphatic heterocycles. The Labute approximate surface area is 247 Å². The van der Waals surface area contributed by atoms with Gasteiger partial charge in [0.2, 0.25) is 5.91 Å². The predicted molar refractivity (Wildman–Crippen MR) is 165 cm³/mol. The number of hydrogen-bond donors (Lipinski definition) is 2. The van der Waals surface area contributed by atoms with Crippen LogP contribution in [0.2, 0.25) is 0 Å². The Balaban J connectivity index is 1.36. The Morgan fingerprint density at radius 3 is 2.55 bits per heavy atom. The molecule has 0 radical (unpaired) electrons. The number of nitrogens with zero attached hydrogens (tertiary/aromatic N) is 1. The van der Waals surface area contributed by atoms with Crippen LogP contribution < -0.4 is 10.2 Å². The second kappa shape index (κ2) is 12.8. The van der Waals surface area contributed by atoms with E-state index in [2.05, 4.69) is 21.3 Å². The minimum absolute atomic E-state index is 0.150. The summed E-state index contributed by atoms with van der Waals surface area (Å²) in [5.41, 5.74) is 5.05. The van der Waals surface area contributed by atoms with E-state index in [4.69, 9.17) is 4.74 Å². The van der Waals surface area contributed by atoms with Crippen molar-refractivity contribution in [2.45, 2.75) is 70.9 Å². The summed E-state index contributed by atoms with van der Waals surface area (Å²) < 4.78 is 19.8. The van der Waals surface area contributed by atoms with Gasteiger partial charge in [0.05, 0.1) is 12.5 Å². The maximum Gasteiger partial charge on any atom is 0.306 e. The van der Waals surface area contributed by atoms with Crippen LogP contribution in [0.25, 0.3) is 10.9 Å². The van der Waals surface area contributed by atoms with E-state index >= 15 is 0 Å². The minimum Gasteiger partial charge on any atom is -0.460 e. The zero-order chi connectivity index (χ0) is 29.7. The van der Waals surface area contributed by atoms with Gasteiger partial charge in [-0.2, -0.15) is 0 Å². The average molecular weight is 570 g/mol. The van der Waals surface area contributed by atoms with Crippen molar-refractivity contribution in [3.05, 3.63) is 101 Å². The summed E-state index contributed by atoms with van der Waals surface area (Å²) in [6, 6.07) is 20.0. The van der Waals surface area contributed by atoms with Gasteiger partial charge in [0.25, 0.3) is 0 Å². The third-order valence-corrected chi connectivity index (χ3v) is 7.65. The highest BCUT2D eigenvalue weighted by Crippen LogP contribution is 2.33. The van der Waals surface area contributed by atoms with Gasteiger partial charge in [-0.3, -0.25) is 9.59 Å². The van der Waals surface area contributed by atoms with Crippen LogP contribution in [0, 0.1) is 5.82 Å². The molecule has 1 aliphatic rings. The van der Waals surface area contributed by atoms with Gasteiger partial charge >= 0.3 is 5.97 Å². The number of amides is 1. The van der Waals surface area contributed by atoms with Gasteiger partial charge < -0.3 is 19.9 Å². The molecular formula is C35H40FN3O3. The van der Waals surface area contributed by atoms with E-state index in [1.165, 1.54) is 18.6 Å². The van der Waals surface area contributed by atoms with Crippen molar-refractivity contribution in [3.63, 3.8) is 0 Å². The summed E-state index contributed by atoms with van der Waals surface area (Å²) in [5, 5.41) is 4.21. The molecule has 0 saturated carbocycles. The Bertz CT molecular complexity index is 1550. The topological polar surface area (TPSA) is 74.4 Å². The molecule has 1 saturated heterocycles. The fraction of sp³-hybridized carbons (Fsp3) is 0.371. The summed E-state index contributed by atoms with van der Waals surface area (Å²) in [6.07, 6.45) is 6.39. The van der Waals surface area contributed by atoms with Crippen LogP contribution in [-0.4, -0.2) is 35.6 Å². The van der Waals surface area contributed by atoms with Crippen LogP contribution in [-0.2, 0) is 27.2 Å². The Morgan fingerprint density at radius 2 is 1.79 bits per heavy atom. The zero-order valence-electron chi connectivity index (χ0n) is 24.7. The number of ether oxygens (including phenoxy) is 1. The summed E-state index contributed by atoms with van der Waals surface area (Å²) in [5.74, 6) is -0.720. The fourth-order valence-electron chi connectivity index (χ4n) is 5.75. The number of hydrogen-bond acceptors (Lipinski definition) is 4. The molecule has 0 spiro atoms. The van der Waals surface area contributed by atoms with Crippen molar-refractivity contribution in [1.29, 1.82) is 0 Å². The van der Waals surface area contributed by atoms with E-state index < -0.39 is 11.6 Å². The number of nitrogens with one attached hydrogen (secondary N) is 2. The highest BCUT2D eigenvalue weighted by atomic mass is 19.1. The molecule has 42 heavy (non-hydrogen) atoms. The summed E-state index contributed by atoms with van der Waals surface area (Å²) in [7, 11) is 0. The van der Waals surface area contributed by atoms with E-state index in [-0.39, 0.29) is 30.5 Å². The lowest BCUT2D eigenvalue weighted by Gasteiger charge is -2.33. The van der Waals surface area contributed by atoms with E-state index in [1.807, 2.05) is 69.4 Å². The number of piperidine rings is 1. The molecular weight excluding hydrogens is 529 g/mol. The smallest absolute Gasteiger partial charge is 0.306 e. The standard InChI is InChI=1S/C35H40FN3O3/c1-35(2,3)42-33(41)17-15-26-23-37-30-16-14-24(20-29(26)30)21-32(40)38-34(25-10-9-11-27(36)22-25)28-12-5-6-13-31(28)39-18-7-4-8-19-39/h5-6,9-14,16,20,22-23,34,37H,4,7-8,15,17-19,21H2,1-3H3,(H,38,40). The van der Waals surface area contributed by atoms with Gasteiger partial charge in [-0.15, -0.1) is 0 Å². The second-order valence-electron chi connectivity index (χ2n) is 12.1. The molecule has 3 aromatic carbocycles. The van der Waals surface area contributed by atoms with Crippen LogP contribution >= 0.6 is 0 Å². The monoisotopic (exact) mass is 569 g/mol. The van der Waals surface area contributed by atoms with Crippen molar-refractivity contribution in [2.75, 3.05) is 18.0 Å². The molecule has 2 N–H and O–H groups in total. The number of carbonyl (C=O) groups excluding carboxylic acids is 2. The number of esters is 1. The quantitative estimate of drug-likeness (QED) is 0.213. The number of halogens is 1. The summed E-state index contributed by atoms with van der Waals surface area (Å²) in [6.45, 7) is 7.51. The van der Waals surface area contributed by atoms with Gasteiger partial charge in [0.15, 0.2) is 0 Å². The number of para-hydroxylation sites is 1. The number of rotatable bonds is 9.